The Hall–Kier alpha value is -1.87. The molecular weight excluding hydrogens is 456 g/mol. The van der Waals surface area contributed by atoms with E-state index in [0.29, 0.717) is 62.3 Å². The van der Waals surface area contributed by atoms with E-state index in [1.807, 2.05) is 9.80 Å². The van der Waals surface area contributed by atoms with Crippen LogP contribution in [0.25, 0.3) is 10.2 Å². The number of nitrogens with one attached hydrogen (secondary N) is 1. The number of aromatic nitrogens is 2. The maximum absolute atomic E-state index is 12.6. The van der Waals surface area contributed by atoms with Crippen LogP contribution >= 0.6 is 23.1 Å². The van der Waals surface area contributed by atoms with Gasteiger partial charge in [0, 0.05) is 49.7 Å². The first kappa shape index (κ1) is 24.3. The molecule has 9 heteroatoms. The van der Waals surface area contributed by atoms with Crippen LogP contribution in [0.15, 0.2) is 4.79 Å². The predicted octanol–water partition coefficient (Wildman–Crippen LogP) is 3.59. The molecule has 0 atom stereocenters. The topological polar surface area (TPSA) is 86.4 Å². The number of amides is 2. The number of aryl methyl sites for hydroxylation is 2. The Morgan fingerprint density at radius 1 is 1.06 bits per heavy atom. The van der Waals surface area contributed by atoms with Crippen LogP contribution in [0.2, 0.25) is 0 Å². The van der Waals surface area contributed by atoms with Gasteiger partial charge >= 0.3 is 0 Å². The third kappa shape index (κ3) is 5.98. The average molecular weight is 491 g/mol. The summed E-state index contributed by atoms with van der Waals surface area (Å²) in [6.45, 7) is 6.75. The van der Waals surface area contributed by atoms with Crippen molar-refractivity contribution in [1.82, 2.24) is 19.8 Å². The standard InChI is InChI=1S/C24H34N4O3S2/c1-16(2)7-8-20(29)27-10-12-28(13-11-27)21(30)9-14-32-15-19-25-23(31)22-17-5-3-4-6-18(17)33-24(22)26-19/h16H,3-15H2,1-2H3,(H,25,26,31). The number of thioether (sulfide) groups is 1. The summed E-state index contributed by atoms with van der Waals surface area (Å²) in [4.78, 5) is 51.1. The van der Waals surface area contributed by atoms with Gasteiger partial charge in [0.1, 0.15) is 10.7 Å². The largest absolute Gasteiger partial charge is 0.339 e. The summed E-state index contributed by atoms with van der Waals surface area (Å²) >= 11 is 3.29. The fraction of sp³-hybridized carbons (Fsp3) is 0.667. The highest BCUT2D eigenvalue weighted by atomic mass is 32.2. The molecule has 2 amide bonds. The lowest BCUT2D eigenvalue weighted by Gasteiger charge is -2.35. The Morgan fingerprint density at radius 2 is 1.73 bits per heavy atom. The van der Waals surface area contributed by atoms with Gasteiger partial charge in [-0.15, -0.1) is 11.3 Å². The van der Waals surface area contributed by atoms with Crippen molar-refractivity contribution < 1.29 is 9.59 Å². The number of fused-ring (bicyclic) bond motifs is 3. The van der Waals surface area contributed by atoms with Crippen LogP contribution in [-0.4, -0.2) is 63.5 Å². The zero-order valence-electron chi connectivity index (χ0n) is 19.7. The van der Waals surface area contributed by atoms with Gasteiger partial charge in [0.05, 0.1) is 11.1 Å². The molecule has 0 unspecified atom stereocenters. The van der Waals surface area contributed by atoms with E-state index in [0.717, 1.165) is 35.9 Å². The van der Waals surface area contributed by atoms with Gasteiger partial charge in [-0.1, -0.05) is 13.8 Å². The van der Waals surface area contributed by atoms with Gasteiger partial charge in [-0.3, -0.25) is 14.4 Å². The molecule has 0 spiro atoms. The summed E-state index contributed by atoms with van der Waals surface area (Å²) in [6, 6.07) is 0. The maximum atomic E-state index is 12.6. The zero-order chi connectivity index (χ0) is 23.4. The van der Waals surface area contributed by atoms with Crippen LogP contribution in [0.3, 0.4) is 0 Å². The van der Waals surface area contributed by atoms with Crippen molar-refractivity contribution in [2.24, 2.45) is 5.92 Å². The van der Waals surface area contributed by atoms with Crippen molar-refractivity contribution in [3.05, 3.63) is 26.6 Å². The Balaban J connectivity index is 1.21. The van der Waals surface area contributed by atoms with Crippen LogP contribution in [0.5, 0.6) is 0 Å². The van der Waals surface area contributed by atoms with E-state index in [-0.39, 0.29) is 17.4 Å². The summed E-state index contributed by atoms with van der Waals surface area (Å²) in [5.41, 5.74) is 1.19. The van der Waals surface area contributed by atoms with Crippen molar-refractivity contribution in [2.45, 2.75) is 64.5 Å². The third-order valence-electron chi connectivity index (χ3n) is 6.49. The maximum Gasteiger partial charge on any atom is 0.259 e. The number of piperazine rings is 1. The van der Waals surface area contributed by atoms with E-state index in [4.69, 9.17) is 4.98 Å². The molecule has 1 N–H and O–H groups in total. The average Bonchev–Trinajstić information content (AvgIpc) is 3.19. The lowest BCUT2D eigenvalue weighted by atomic mass is 9.97. The zero-order valence-corrected chi connectivity index (χ0v) is 21.3. The fourth-order valence-electron chi connectivity index (χ4n) is 4.54. The number of rotatable bonds is 8. The summed E-state index contributed by atoms with van der Waals surface area (Å²) < 4.78 is 0. The minimum Gasteiger partial charge on any atom is -0.339 e. The first-order chi connectivity index (χ1) is 15.9. The van der Waals surface area contributed by atoms with Gasteiger partial charge in [-0.2, -0.15) is 11.8 Å². The van der Waals surface area contributed by atoms with Crippen LogP contribution in [0, 0.1) is 5.92 Å². The van der Waals surface area contributed by atoms with Crippen LogP contribution in [0.4, 0.5) is 0 Å². The van der Waals surface area contributed by atoms with Crippen LogP contribution in [0.1, 0.15) is 62.2 Å². The van der Waals surface area contributed by atoms with E-state index in [9.17, 15) is 14.4 Å². The normalized spacial score (nSPS) is 16.5. The molecule has 1 aliphatic carbocycles. The van der Waals surface area contributed by atoms with E-state index >= 15 is 0 Å². The van der Waals surface area contributed by atoms with Gasteiger partial charge in [0.2, 0.25) is 11.8 Å². The van der Waals surface area contributed by atoms with Crippen LogP contribution < -0.4 is 5.56 Å². The van der Waals surface area contributed by atoms with Gasteiger partial charge in [-0.25, -0.2) is 4.98 Å². The summed E-state index contributed by atoms with van der Waals surface area (Å²) in [5.74, 6) is 2.85. The van der Waals surface area contributed by atoms with Crippen molar-refractivity contribution in [3.8, 4) is 0 Å². The molecule has 0 aromatic carbocycles. The van der Waals surface area contributed by atoms with E-state index in [2.05, 4.69) is 18.8 Å². The molecule has 4 rings (SSSR count). The first-order valence-electron chi connectivity index (χ1n) is 12.1. The van der Waals surface area contributed by atoms with Gasteiger partial charge in [-0.05, 0) is 43.6 Å². The number of carbonyl (C=O) groups is 2. The first-order valence-corrected chi connectivity index (χ1v) is 14.1. The second-order valence-electron chi connectivity index (χ2n) is 9.40. The number of nitrogens with zero attached hydrogens (tertiary/aromatic N) is 3. The minimum absolute atomic E-state index is 0.0214. The Labute approximate surface area is 203 Å². The highest BCUT2D eigenvalue weighted by Gasteiger charge is 2.24. The smallest absolute Gasteiger partial charge is 0.259 e. The molecule has 0 radical (unpaired) electrons. The molecule has 33 heavy (non-hydrogen) atoms. The molecule has 3 heterocycles. The number of aromatic amines is 1. The second-order valence-corrected chi connectivity index (χ2v) is 11.6. The lowest BCUT2D eigenvalue weighted by molar-refractivity contribution is -0.139. The number of H-pyrrole nitrogens is 1. The van der Waals surface area contributed by atoms with Gasteiger partial charge < -0.3 is 14.8 Å². The van der Waals surface area contributed by atoms with Gasteiger partial charge in [0.25, 0.3) is 5.56 Å². The summed E-state index contributed by atoms with van der Waals surface area (Å²) in [6.07, 6.45) is 6.35. The molecule has 2 aromatic rings. The number of carbonyl (C=O) groups excluding carboxylic acids is 2. The molecule has 1 fully saturated rings. The molecular formula is C24H34N4O3S2. The van der Waals surface area contributed by atoms with Gasteiger partial charge in [0.15, 0.2) is 0 Å². The number of hydrogen-bond donors (Lipinski definition) is 1. The molecule has 2 aromatic heterocycles. The molecule has 1 aliphatic heterocycles. The second kappa shape index (κ2) is 11.0. The van der Waals surface area contributed by atoms with Crippen molar-refractivity contribution in [2.75, 3.05) is 31.9 Å². The predicted molar refractivity (Wildman–Crippen MR) is 135 cm³/mol. The van der Waals surface area contributed by atoms with Crippen LogP contribution in [-0.2, 0) is 28.2 Å². The van der Waals surface area contributed by atoms with E-state index in [1.54, 1.807) is 23.1 Å². The summed E-state index contributed by atoms with van der Waals surface area (Å²) in [7, 11) is 0. The molecule has 1 saturated heterocycles. The lowest BCUT2D eigenvalue weighted by Crippen LogP contribution is -2.50. The molecule has 7 nitrogen and oxygen atoms in total. The molecule has 180 valence electrons. The molecule has 2 aliphatic rings. The Kier molecular flexibility index (Phi) is 8.11. The highest BCUT2D eigenvalue weighted by Crippen LogP contribution is 2.33. The Morgan fingerprint density at radius 3 is 2.42 bits per heavy atom. The fourth-order valence-corrected chi connectivity index (χ4v) is 6.61. The van der Waals surface area contributed by atoms with Crippen molar-refractivity contribution in [1.29, 1.82) is 0 Å². The molecule has 0 saturated carbocycles. The highest BCUT2D eigenvalue weighted by molar-refractivity contribution is 7.98. The SMILES string of the molecule is CC(C)CCC(=O)N1CCN(C(=O)CCSCc2nc3sc4c(c3c(=O)[nH]2)CCCC4)CC1. The van der Waals surface area contributed by atoms with Crippen molar-refractivity contribution >= 4 is 45.1 Å². The molecule has 0 bridgehead atoms. The van der Waals surface area contributed by atoms with E-state index < -0.39 is 0 Å². The monoisotopic (exact) mass is 490 g/mol. The van der Waals surface area contributed by atoms with E-state index in [1.165, 1.54) is 16.9 Å². The number of hydrogen-bond acceptors (Lipinski definition) is 6. The minimum atomic E-state index is -0.0214. The summed E-state index contributed by atoms with van der Waals surface area (Å²) in [5, 5.41) is 0.792. The van der Waals surface area contributed by atoms with Crippen molar-refractivity contribution in [3.63, 3.8) is 0 Å². The Bertz CT molecular complexity index is 1050. The quantitative estimate of drug-likeness (QED) is 0.572. The third-order valence-corrected chi connectivity index (χ3v) is 8.65. The number of thiophene rings is 1.